The summed E-state index contributed by atoms with van der Waals surface area (Å²) in [7, 11) is 0. The van der Waals surface area contributed by atoms with Crippen molar-refractivity contribution in [2.24, 2.45) is 0 Å². The van der Waals surface area contributed by atoms with E-state index in [1.54, 1.807) is 0 Å². The fraction of sp³-hybridized carbons (Fsp3) is 0.0357. The molecule has 0 heterocycles. The van der Waals surface area contributed by atoms with Gasteiger partial charge in [-0.25, -0.2) is 61.5 Å². The minimum Gasteiger partial charge on any atom is -0.203 e. The van der Waals surface area contributed by atoms with Crippen LogP contribution in [-0.2, 0) is 6.18 Å². The molecule has 0 atom stereocenters. The number of halogens is 17. The second kappa shape index (κ2) is 11.8. The standard InChI is InChI=1S/C28F17N3/c29-14-10(15(30)21(36)13(20(14)35)28(43,44)45)4(1-46)7-8(5(2-47)11-16(31)22(37)26(41)23(38)17(11)32)9(7)6(3-48)12-18(33)24(39)27(42)25(40)19(12)34/b7-4?,8-5-,9-6+. The zero-order valence-corrected chi connectivity index (χ0v) is 21.8. The second-order valence-electron chi connectivity index (χ2n) is 8.98. The molecule has 4 rings (SSSR count). The number of benzene rings is 3. The van der Waals surface area contributed by atoms with Gasteiger partial charge in [0.2, 0.25) is 11.6 Å². The van der Waals surface area contributed by atoms with Gasteiger partial charge in [-0.15, -0.1) is 0 Å². The molecule has 246 valence electrons. The van der Waals surface area contributed by atoms with Crippen molar-refractivity contribution in [2.45, 2.75) is 6.18 Å². The topological polar surface area (TPSA) is 71.4 Å². The first-order valence-electron chi connectivity index (χ1n) is 11.6. The van der Waals surface area contributed by atoms with Gasteiger partial charge in [0.1, 0.15) is 23.8 Å². The smallest absolute Gasteiger partial charge is 0.203 e. The summed E-state index contributed by atoms with van der Waals surface area (Å²) in [6, 6.07) is 2.28. The van der Waals surface area contributed by atoms with Gasteiger partial charge < -0.3 is 0 Å². The summed E-state index contributed by atoms with van der Waals surface area (Å²) >= 11 is 0. The number of alkyl halides is 3. The minimum atomic E-state index is -6.16. The Hall–Kier alpha value is -5.84. The van der Waals surface area contributed by atoms with Crippen LogP contribution < -0.4 is 0 Å². The highest BCUT2D eigenvalue weighted by molar-refractivity contribution is 6.12. The summed E-state index contributed by atoms with van der Waals surface area (Å²) < 4.78 is 240. The lowest BCUT2D eigenvalue weighted by Crippen LogP contribution is -2.17. The summed E-state index contributed by atoms with van der Waals surface area (Å²) in [6.45, 7) is 0. The van der Waals surface area contributed by atoms with E-state index in [0.717, 1.165) is 18.2 Å². The molecule has 0 bridgehead atoms. The molecule has 0 aromatic heterocycles. The van der Waals surface area contributed by atoms with Crippen LogP contribution in [0.4, 0.5) is 74.6 Å². The van der Waals surface area contributed by atoms with Crippen LogP contribution in [0.25, 0.3) is 16.7 Å². The van der Waals surface area contributed by atoms with E-state index in [1.165, 1.54) is 0 Å². The molecule has 3 aromatic rings. The normalized spacial score (nSPS) is 15.9. The highest BCUT2D eigenvalue weighted by Crippen LogP contribution is 2.57. The average Bonchev–Trinajstić information content (AvgIpc) is 3.75. The molecular formula is C28F17N3. The lowest BCUT2D eigenvalue weighted by Gasteiger charge is -2.13. The maximum atomic E-state index is 14.9. The molecule has 0 aliphatic heterocycles. The van der Waals surface area contributed by atoms with Crippen molar-refractivity contribution in [3.63, 3.8) is 0 Å². The Morgan fingerprint density at radius 1 is 0.333 bits per heavy atom. The van der Waals surface area contributed by atoms with Crippen LogP contribution in [0.3, 0.4) is 0 Å². The van der Waals surface area contributed by atoms with Crippen molar-refractivity contribution in [3.8, 4) is 18.2 Å². The van der Waals surface area contributed by atoms with Crippen LogP contribution in [0, 0.1) is 115 Å². The predicted octanol–water partition coefficient (Wildman–Crippen LogP) is 8.90. The fourth-order valence-corrected chi connectivity index (χ4v) is 4.40. The molecule has 1 saturated carbocycles. The summed E-state index contributed by atoms with van der Waals surface area (Å²) in [5, 5.41) is 28.9. The van der Waals surface area contributed by atoms with E-state index in [2.05, 4.69) is 0 Å². The molecule has 0 radical (unpaired) electrons. The van der Waals surface area contributed by atoms with Gasteiger partial charge in [0.25, 0.3) is 0 Å². The number of nitrogens with zero attached hydrogens (tertiary/aromatic N) is 3. The Morgan fingerprint density at radius 3 is 0.708 bits per heavy atom. The maximum Gasteiger partial charge on any atom is 0.422 e. The Balaban J connectivity index is 2.36. The lowest BCUT2D eigenvalue weighted by molar-refractivity contribution is -0.143. The van der Waals surface area contributed by atoms with Gasteiger partial charge in [-0.2, -0.15) is 29.0 Å². The quantitative estimate of drug-likeness (QED) is 0.119. The number of allylic oxidation sites excluding steroid dienone is 6. The van der Waals surface area contributed by atoms with Crippen molar-refractivity contribution in [2.75, 3.05) is 0 Å². The largest absolute Gasteiger partial charge is 0.422 e. The number of hydrogen-bond donors (Lipinski definition) is 0. The van der Waals surface area contributed by atoms with Crippen molar-refractivity contribution in [1.29, 1.82) is 15.8 Å². The third-order valence-corrected chi connectivity index (χ3v) is 6.49. The molecule has 3 nitrogen and oxygen atoms in total. The third-order valence-electron chi connectivity index (χ3n) is 6.49. The lowest BCUT2D eigenvalue weighted by atomic mass is 9.99. The second-order valence-corrected chi connectivity index (χ2v) is 8.98. The predicted molar refractivity (Wildman–Crippen MR) is 121 cm³/mol. The zero-order valence-electron chi connectivity index (χ0n) is 21.8. The van der Waals surface area contributed by atoms with Crippen LogP contribution in [0.1, 0.15) is 22.3 Å². The molecule has 0 amide bonds. The number of hydrogen-bond acceptors (Lipinski definition) is 3. The minimum absolute atomic E-state index is 0.724. The van der Waals surface area contributed by atoms with E-state index in [0.29, 0.717) is 0 Å². The molecule has 1 aliphatic rings. The van der Waals surface area contributed by atoms with Crippen molar-refractivity contribution in [3.05, 3.63) is 120 Å². The van der Waals surface area contributed by atoms with E-state index in [1.807, 2.05) is 0 Å². The summed E-state index contributed by atoms with van der Waals surface area (Å²) in [5.41, 5.74) is -21.4. The van der Waals surface area contributed by atoms with E-state index in [4.69, 9.17) is 0 Å². The third kappa shape index (κ3) is 4.90. The highest BCUT2D eigenvalue weighted by Gasteiger charge is 2.48. The van der Waals surface area contributed by atoms with Crippen LogP contribution in [0.5, 0.6) is 0 Å². The zero-order chi connectivity index (χ0) is 36.5. The fourth-order valence-electron chi connectivity index (χ4n) is 4.40. The van der Waals surface area contributed by atoms with Gasteiger partial charge in [-0.05, 0) is 0 Å². The molecule has 0 N–H and O–H groups in total. The monoisotopic (exact) mass is 701 g/mol. The SMILES string of the molecule is N#CC(=C1C(=C(/C#N)c2c(F)c(F)c(F)c(F)c2F)/C1=C(/C#N)c1c(F)c(F)c(F)c(F)c1F)c1c(F)c(F)c(C(F)(F)F)c(F)c1F. The summed E-state index contributed by atoms with van der Waals surface area (Å²) in [6.07, 6.45) is -6.16. The molecule has 1 aliphatic carbocycles. The maximum absolute atomic E-state index is 14.9. The van der Waals surface area contributed by atoms with Crippen LogP contribution in [-0.4, -0.2) is 0 Å². The van der Waals surface area contributed by atoms with E-state index in [9.17, 15) is 90.4 Å². The Morgan fingerprint density at radius 2 is 0.521 bits per heavy atom. The summed E-state index contributed by atoms with van der Waals surface area (Å²) in [5.74, 6) is -41.1. The van der Waals surface area contributed by atoms with Crippen molar-refractivity contribution < 1.29 is 74.6 Å². The molecule has 0 saturated heterocycles. The molecule has 0 unspecified atom stereocenters. The molecular weight excluding hydrogens is 701 g/mol. The van der Waals surface area contributed by atoms with Crippen LogP contribution in [0.2, 0.25) is 0 Å². The highest BCUT2D eigenvalue weighted by atomic mass is 19.4. The first-order valence-corrected chi connectivity index (χ1v) is 11.6. The molecule has 0 spiro atoms. The van der Waals surface area contributed by atoms with E-state index >= 15 is 0 Å². The summed E-state index contributed by atoms with van der Waals surface area (Å²) in [4.78, 5) is 0. The van der Waals surface area contributed by atoms with Crippen LogP contribution in [0.15, 0.2) is 16.7 Å². The van der Waals surface area contributed by atoms with Gasteiger partial charge in [0, 0.05) is 16.7 Å². The van der Waals surface area contributed by atoms with Crippen molar-refractivity contribution in [1.82, 2.24) is 0 Å². The first kappa shape index (κ1) is 35.0. The first-order chi connectivity index (χ1) is 22.2. The number of nitriles is 3. The van der Waals surface area contributed by atoms with Gasteiger partial charge in [0.05, 0.1) is 33.4 Å². The van der Waals surface area contributed by atoms with Gasteiger partial charge in [0.15, 0.2) is 69.8 Å². The average molecular weight is 701 g/mol. The Bertz CT molecular complexity index is 2050. The Kier molecular flexibility index (Phi) is 8.57. The number of rotatable bonds is 3. The van der Waals surface area contributed by atoms with Crippen molar-refractivity contribution >= 4 is 16.7 Å². The molecule has 20 heteroatoms. The van der Waals surface area contributed by atoms with E-state index < -0.39 is 143 Å². The van der Waals surface area contributed by atoms with Gasteiger partial charge in [-0.3, -0.25) is 0 Å². The van der Waals surface area contributed by atoms with E-state index in [-0.39, 0.29) is 0 Å². The Labute approximate surface area is 252 Å². The van der Waals surface area contributed by atoms with Gasteiger partial charge in [-0.1, -0.05) is 0 Å². The van der Waals surface area contributed by atoms with Gasteiger partial charge >= 0.3 is 6.18 Å². The molecule has 3 aromatic carbocycles. The molecule has 1 fully saturated rings. The molecule has 48 heavy (non-hydrogen) atoms. The van der Waals surface area contributed by atoms with Crippen LogP contribution >= 0.6 is 0 Å².